The van der Waals surface area contributed by atoms with Crippen LogP contribution in [0.2, 0.25) is 0 Å². The first kappa shape index (κ1) is 26.8. The number of hydrogen-bond acceptors (Lipinski definition) is 8. The van der Waals surface area contributed by atoms with Crippen LogP contribution < -0.4 is 4.90 Å². The Morgan fingerprint density at radius 1 is 1.03 bits per heavy atom. The van der Waals surface area contributed by atoms with Gasteiger partial charge >= 0.3 is 5.97 Å². The summed E-state index contributed by atoms with van der Waals surface area (Å²) in [6.07, 6.45) is 7.25. The molecule has 4 rings (SSSR count). The summed E-state index contributed by atoms with van der Waals surface area (Å²) in [5.74, 6) is -0.184. The van der Waals surface area contributed by atoms with E-state index in [0.29, 0.717) is 25.5 Å². The van der Waals surface area contributed by atoms with Crippen molar-refractivity contribution in [1.29, 1.82) is 0 Å². The Balaban J connectivity index is 1.51. The zero-order valence-corrected chi connectivity index (χ0v) is 23.1. The summed E-state index contributed by atoms with van der Waals surface area (Å²) < 4.78 is -0.155. The van der Waals surface area contributed by atoms with Gasteiger partial charge in [0.2, 0.25) is 5.95 Å². The molecular weight excluding hydrogens is 502 g/mol. The summed E-state index contributed by atoms with van der Waals surface area (Å²) in [5, 5.41) is 9.47. The standard InChI is InChI=1S/C28H31N5O2S2/c1-5-20-15-30-26(31-16-20)33(18-21-11-12-24(29-17-21)22-9-7-6-8-10-22)14-13-23-19(2)36-27(32-23)37-28(3,4)25(34)35/h6-12,15-17H,5,13-14,18H2,1-4H3,(H,34,35). The van der Waals surface area contributed by atoms with E-state index in [-0.39, 0.29) is 0 Å². The summed E-state index contributed by atoms with van der Waals surface area (Å²) in [5.41, 5.74) is 5.16. The van der Waals surface area contributed by atoms with Crippen LogP contribution in [-0.2, 0) is 24.2 Å². The van der Waals surface area contributed by atoms with Crippen molar-refractivity contribution in [3.05, 3.63) is 82.8 Å². The maximum atomic E-state index is 11.5. The third kappa shape index (κ3) is 6.93. The summed E-state index contributed by atoms with van der Waals surface area (Å²) >= 11 is 2.83. The van der Waals surface area contributed by atoms with Gasteiger partial charge in [-0.2, -0.15) is 0 Å². The lowest BCUT2D eigenvalue weighted by atomic mass is 10.1. The minimum Gasteiger partial charge on any atom is -0.480 e. The predicted octanol–water partition coefficient (Wildman–Crippen LogP) is 6.07. The van der Waals surface area contributed by atoms with Crippen molar-refractivity contribution in [2.45, 2.75) is 56.2 Å². The van der Waals surface area contributed by atoms with E-state index in [4.69, 9.17) is 4.98 Å². The highest BCUT2D eigenvalue weighted by Crippen LogP contribution is 2.36. The number of carboxylic acids is 1. The van der Waals surface area contributed by atoms with Crippen LogP contribution in [0.25, 0.3) is 11.3 Å². The van der Waals surface area contributed by atoms with Crippen molar-refractivity contribution >= 4 is 35.0 Å². The summed E-state index contributed by atoms with van der Waals surface area (Å²) in [7, 11) is 0. The normalized spacial score (nSPS) is 11.5. The molecule has 1 N–H and O–H groups in total. The van der Waals surface area contributed by atoms with Gasteiger partial charge in [0.1, 0.15) is 4.75 Å². The number of benzene rings is 1. The van der Waals surface area contributed by atoms with Gasteiger partial charge in [-0.15, -0.1) is 11.3 Å². The Morgan fingerprint density at radius 2 is 1.73 bits per heavy atom. The van der Waals surface area contributed by atoms with Gasteiger partial charge in [-0.05, 0) is 44.4 Å². The molecule has 0 aliphatic carbocycles. The van der Waals surface area contributed by atoms with Crippen molar-refractivity contribution in [3.63, 3.8) is 0 Å². The molecule has 192 valence electrons. The molecular formula is C28H31N5O2S2. The number of thiazole rings is 1. The quantitative estimate of drug-likeness (QED) is 0.232. The molecule has 1 aromatic carbocycles. The van der Waals surface area contributed by atoms with Gasteiger partial charge in [0.15, 0.2) is 4.34 Å². The summed E-state index contributed by atoms with van der Waals surface area (Å²) in [4.78, 5) is 33.5. The van der Waals surface area contributed by atoms with Crippen molar-refractivity contribution < 1.29 is 9.90 Å². The van der Waals surface area contributed by atoms with E-state index in [1.165, 1.54) is 11.8 Å². The Labute approximate surface area is 226 Å². The number of carboxylic acid groups (broad SMARTS) is 1. The SMILES string of the molecule is CCc1cnc(N(CCc2nc(SC(C)(C)C(=O)O)sc2C)Cc2ccc(-c3ccccc3)nc2)nc1. The van der Waals surface area contributed by atoms with Gasteiger partial charge < -0.3 is 10.0 Å². The van der Waals surface area contributed by atoms with E-state index in [2.05, 4.69) is 45.0 Å². The van der Waals surface area contributed by atoms with E-state index in [1.54, 1.807) is 25.2 Å². The van der Waals surface area contributed by atoms with E-state index < -0.39 is 10.7 Å². The van der Waals surface area contributed by atoms with Crippen LogP contribution in [0.5, 0.6) is 0 Å². The highest BCUT2D eigenvalue weighted by molar-refractivity contribution is 8.03. The summed E-state index contributed by atoms with van der Waals surface area (Å²) in [6.45, 7) is 8.81. The molecule has 0 atom stereocenters. The molecule has 0 saturated carbocycles. The lowest BCUT2D eigenvalue weighted by molar-refractivity contribution is -0.138. The largest absolute Gasteiger partial charge is 0.480 e. The number of nitrogens with zero attached hydrogens (tertiary/aromatic N) is 5. The zero-order valence-electron chi connectivity index (χ0n) is 21.5. The zero-order chi connectivity index (χ0) is 26.4. The average Bonchev–Trinajstić information content (AvgIpc) is 3.25. The van der Waals surface area contributed by atoms with Crippen LogP contribution in [0.4, 0.5) is 5.95 Å². The fourth-order valence-corrected chi connectivity index (χ4v) is 6.17. The molecule has 0 bridgehead atoms. The third-order valence-electron chi connectivity index (χ3n) is 6.00. The Morgan fingerprint density at radius 3 is 2.35 bits per heavy atom. The number of thioether (sulfide) groups is 1. The molecule has 7 nitrogen and oxygen atoms in total. The number of pyridine rings is 1. The van der Waals surface area contributed by atoms with E-state index in [9.17, 15) is 9.90 Å². The van der Waals surface area contributed by atoms with Crippen LogP contribution in [0, 0.1) is 6.92 Å². The first-order valence-corrected chi connectivity index (χ1v) is 13.8. The number of hydrogen-bond donors (Lipinski definition) is 1. The number of rotatable bonds is 11. The molecule has 3 heterocycles. The number of aliphatic carboxylic acids is 1. The molecule has 0 radical (unpaired) electrons. The van der Waals surface area contributed by atoms with Crippen LogP contribution in [0.1, 0.15) is 42.5 Å². The second-order valence-corrected chi connectivity index (χ2v) is 12.3. The molecule has 0 aliphatic rings. The van der Waals surface area contributed by atoms with Gasteiger partial charge in [-0.3, -0.25) is 9.78 Å². The van der Waals surface area contributed by atoms with Crippen molar-refractivity contribution in [3.8, 4) is 11.3 Å². The minimum absolute atomic E-state index is 0.615. The maximum Gasteiger partial charge on any atom is 0.319 e. The molecule has 3 aromatic heterocycles. The van der Waals surface area contributed by atoms with Crippen molar-refractivity contribution in [2.75, 3.05) is 11.4 Å². The Kier molecular flexibility index (Phi) is 8.56. The molecule has 9 heteroatoms. The monoisotopic (exact) mass is 533 g/mol. The molecule has 0 amide bonds. The fourth-order valence-electron chi connectivity index (χ4n) is 3.64. The van der Waals surface area contributed by atoms with Gasteiger partial charge in [0, 0.05) is 48.5 Å². The van der Waals surface area contributed by atoms with E-state index >= 15 is 0 Å². The number of aromatic nitrogens is 4. The highest BCUT2D eigenvalue weighted by atomic mass is 32.2. The summed E-state index contributed by atoms with van der Waals surface area (Å²) in [6, 6.07) is 14.3. The predicted molar refractivity (Wildman–Crippen MR) is 150 cm³/mol. The highest BCUT2D eigenvalue weighted by Gasteiger charge is 2.30. The Hall–Kier alpha value is -3.30. The van der Waals surface area contributed by atoms with Crippen LogP contribution in [0.15, 0.2) is 65.4 Å². The molecule has 0 spiro atoms. The Bertz CT molecular complexity index is 1320. The maximum absolute atomic E-state index is 11.5. The van der Waals surface area contributed by atoms with Gasteiger partial charge in [-0.1, -0.05) is 55.1 Å². The smallest absolute Gasteiger partial charge is 0.319 e. The van der Waals surface area contributed by atoms with Crippen LogP contribution >= 0.6 is 23.1 Å². The topological polar surface area (TPSA) is 92.1 Å². The van der Waals surface area contributed by atoms with Gasteiger partial charge in [0.25, 0.3) is 0 Å². The minimum atomic E-state index is -0.929. The fraction of sp³-hybridized carbons (Fsp3) is 0.321. The first-order valence-electron chi connectivity index (χ1n) is 12.2. The van der Waals surface area contributed by atoms with Crippen molar-refractivity contribution in [1.82, 2.24) is 19.9 Å². The lowest BCUT2D eigenvalue weighted by Crippen LogP contribution is -2.27. The van der Waals surface area contributed by atoms with E-state index in [0.717, 1.165) is 43.7 Å². The number of anilines is 1. The lowest BCUT2D eigenvalue weighted by Gasteiger charge is -2.22. The van der Waals surface area contributed by atoms with Crippen LogP contribution in [-0.4, -0.2) is 42.3 Å². The first-order chi connectivity index (χ1) is 17.7. The van der Waals surface area contributed by atoms with Gasteiger partial charge in [0.05, 0.1) is 11.4 Å². The van der Waals surface area contributed by atoms with Crippen molar-refractivity contribution in [2.24, 2.45) is 0 Å². The molecule has 37 heavy (non-hydrogen) atoms. The average molecular weight is 534 g/mol. The molecule has 0 unspecified atom stereocenters. The third-order valence-corrected chi connectivity index (χ3v) is 8.26. The second kappa shape index (κ2) is 11.8. The number of aryl methyl sites for hydroxylation is 2. The molecule has 0 fully saturated rings. The van der Waals surface area contributed by atoms with E-state index in [1.807, 2.05) is 49.8 Å². The number of carbonyl (C=O) groups is 1. The van der Waals surface area contributed by atoms with Gasteiger partial charge in [-0.25, -0.2) is 15.0 Å². The van der Waals surface area contributed by atoms with Crippen LogP contribution in [0.3, 0.4) is 0 Å². The molecule has 0 aliphatic heterocycles. The second-order valence-electron chi connectivity index (χ2n) is 9.23. The molecule has 0 saturated heterocycles. The molecule has 4 aromatic rings.